The number of carbonyl (C=O) groups is 2. The maximum atomic E-state index is 10.6. The number of esters is 1. The summed E-state index contributed by atoms with van der Waals surface area (Å²) in [5.74, 6) is -1.78. The van der Waals surface area contributed by atoms with Crippen LogP contribution in [0.2, 0.25) is 0 Å². The van der Waals surface area contributed by atoms with E-state index in [-0.39, 0.29) is 19.6 Å². The Kier molecular flexibility index (Phi) is 6.00. The number of hydrogen-bond acceptors (Lipinski definition) is 4. The van der Waals surface area contributed by atoms with Gasteiger partial charge in [-0.3, -0.25) is 4.79 Å². The number of carbonyl (C=O) groups excluding carboxylic acids is 1. The molecule has 0 aliphatic carbocycles. The van der Waals surface area contributed by atoms with Crippen molar-refractivity contribution in [1.82, 2.24) is 0 Å². The zero-order valence-electron chi connectivity index (χ0n) is 6.49. The van der Waals surface area contributed by atoms with Crippen molar-refractivity contribution in [2.75, 3.05) is 19.8 Å². The van der Waals surface area contributed by atoms with Crippen molar-refractivity contribution in [2.24, 2.45) is 0 Å². The Labute approximate surface area is 70.3 Å². The third-order valence-corrected chi connectivity index (χ3v) is 0.925. The van der Waals surface area contributed by atoms with Crippen LogP contribution in [0.25, 0.3) is 0 Å². The first-order chi connectivity index (χ1) is 5.66. The van der Waals surface area contributed by atoms with Gasteiger partial charge in [0.2, 0.25) is 0 Å². The predicted molar refractivity (Wildman–Crippen MR) is 38.3 cm³/mol. The Morgan fingerprint density at radius 3 is 2.58 bits per heavy atom. The van der Waals surface area contributed by atoms with Crippen molar-refractivity contribution in [3.05, 3.63) is 6.92 Å². The van der Waals surface area contributed by atoms with Gasteiger partial charge in [-0.05, 0) is 6.92 Å². The number of aliphatic carboxylic acids is 1. The van der Waals surface area contributed by atoms with E-state index in [1.807, 2.05) is 0 Å². The fourth-order valence-electron chi connectivity index (χ4n) is 0.453. The van der Waals surface area contributed by atoms with Gasteiger partial charge in [-0.25, -0.2) is 4.79 Å². The highest BCUT2D eigenvalue weighted by atomic mass is 16.6. The van der Waals surface area contributed by atoms with Gasteiger partial charge in [0.25, 0.3) is 0 Å². The average molecular weight is 174 g/mol. The van der Waals surface area contributed by atoms with Crippen LogP contribution in [-0.4, -0.2) is 36.9 Å². The van der Waals surface area contributed by atoms with E-state index < -0.39 is 18.5 Å². The molecule has 0 amide bonds. The summed E-state index contributed by atoms with van der Waals surface area (Å²) in [7, 11) is 0. The molecule has 68 valence electrons. The monoisotopic (exact) mass is 174 g/mol. The highest BCUT2D eigenvalue weighted by Crippen LogP contribution is 1.87. The maximum Gasteiger partial charge on any atom is 0.341 e. The van der Waals surface area contributed by atoms with Crippen LogP contribution in [-0.2, 0) is 19.1 Å². The van der Waals surface area contributed by atoms with Crippen molar-refractivity contribution in [3.8, 4) is 0 Å². The molecule has 0 saturated carbocycles. The first-order valence-electron chi connectivity index (χ1n) is 3.32. The van der Waals surface area contributed by atoms with Gasteiger partial charge in [0, 0.05) is 0 Å². The Balaban J connectivity index is 3.28. The third-order valence-electron chi connectivity index (χ3n) is 0.925. The lowest BCUT2D eigenvalue weighted by molar-refractivity contribution is -0.155. The summed E-state index contributed by atoms with van der Waals surface area (Å²) in [6, 6.07) is 0. The summed E-state index contributed by atoms with van der Waals surface area (Å²) in [6.45, 7) is 4.54. The molecule has 0 heterocycles. The SMILES string of the molecule is [CH]COCCC(=O)OCC(=O)O. The van der Waals surface area contributed by atoms with Gasteiger partial charge < -0.3 is 14.6 Å². The number of hydrogen-bond donors (Lipinski definition) is 1. The lowest BCUT2D eigenvalue weighted by Gasteiger charge is -2.01. The molecule has 0 saturated heterocycles. The summed E-state index contributed by atoms with van der Waals surface area (Å²) < 4.78 is 8.93. The standard InChI is InChI=1S/C7H10O5/c1-2-11-4-3-7(10)12-5-6(8)9/h1H,2-5H2,(H,8,9). The van der Waals surface area contributed by atoms with Crippen LogP contribution < -0.4 is 0 Å². The molecule has 5 nitrogen and oxygen atoms in total. The first-order valence-corrected chi connectivity index (χ1v) is 3.32. The van der Waals surface area contributed by atoms with Crippen LogP contribution in [0.15, 0.2) is 0 Å². The predicted octanol–water partition coefficient (Wildman–Crippen LogP) is -0.268. The fraction of sp³-hybridized carbons (Fsp3) is 0.571. The van der Waals surface area contributed by atoms with Crippen molar-refractivity contribution in [1.29, 1.82) is 0 Å². The average Bonchev–Trinajstić information content (AvgIpc) is 2.01. The number of rotatable bonds is 6. The highest BCUT2D eigenvalue weighted by molar-refractivity contribution is 5.75. The maximum absolute atomic E-state index is 10.6. The molecule has 1 N–H and O–H groups in total. The van der Waals surface area contributed by atoms with E-state index in [0.717, 1.165) is 0 Å². The summed E-state index contributed by atoms with van der Waals surface area (Å²) in [6.07, 6.45) is 0.0183. The van der Waals surface area contributed by atoms with Gasteiger partial charge in [-0.1, -0.05) is 0 Å². The minimum atomic E-state index is -1.18. The van der Waals surface area contributed by atoms with Crippen LogP contribution in [0.5, 0.6) is 0 Å². The summed E-state index contributed by atoms with van der Waals surface area (Å²) >= 11 is 0. The Morgan fingerprint density at radius 2 is 2.08 bits per heavy atom. The van der Waals surface area contributed by atoms with E-state index in [1.54, 1.807) is 0 Å². The van der Waals surface area contributed by atoms with E-state index >= 15 is 0 Å². The molecule has 0 aromatic carbocycles. The molecule has 0 aromatic heterocycles. The molecule has 5 heteroatoms. The minimum absolute atomic E-state index is 0.0183. The second-order valence-corrected chi connectivity index (χ2v) is 1.88. The molecule has 0 bridgehead atoms. The van der Waals surface area contributed by atoms with Gasteiger partial charge in [-0.2, -0.15) is 0 Å². The summed E-state index contributed by atoms with van der Waals surface area (Å²) in [5, 5.41) is 8.11. The zero-order chi connectivity index (χ0) is 9.40. The quantitative estimate of drug-likeness (QED) is 0.443. The van der Waals surface area contributed by atoms with Gasteiger partial charge in [-0.15, -0.1) is 0 Å². The Bertz CT molecular complexity index is 154. The molecule has 0 atom stereocenters. The molecule has 0 aliphatic rings. The van der Waals surface area contributed by atoms with Gasteiger partial charge in [0.1, 0.15) is 0 Å². The van der Waals surface area contributed by atoms with Crippen LogP contribution in [0, 0.1) is 6.92 Å². The number of carboxylic acids is 1. The van der Waals surface area contributed by atoms with E-state index in [2.05, 4.69) is 9.47 Å². The second kappa shape index (κ2) is 6.60. The molecule has 2 radical (unpaired) electrons. The van der Waals surface area contributed by atoms with Crippen molar-refractivity contribution in [3.63, 3.8) is 0 Å². The molecular formula is C7H10O5. The number of ether oxygens (including phenoxy) is 2. The van der Waals surface area contributed by atoms with Crippen LogP contribution in [0.4, 0.5) is 0 Å². The molecule has 0 aliphatic heterocycles. The van der Waals surface area contributed by atoms with Crippen LogP contribution >= 0.6 is 0 Å². The molecule has 0 fully saturated rings. The van der Waals surface area contributed by atoms with Gasteiger partial charge in [0.05, 0.1) is 19.6 Å². The van der Waals surface area contributed by atoms with E-state index in [9.17, 15) is 9.59 Å². The summed E-state index contributed by atoms with van der Waals surface area (Å²) in [4.78, 5) is 20.5. The first kappa shape index (κ1) is 10.9. The zero-order valence-corrected chi connectivity index (χ0v) is 6.49. The smallest absolute Gasteiger partial charge is 0.341 e. The van der Waals surface area contributed by atoms with E-state index in [0.29, 0.717) is 0 Å². The minimum Gasteiger partial charge on any atom is -0.479 e. The van der Waals surface area contributed by atoms with Crippen molar-refractivity contribution < 1.29 is 24.2 Å². The second-order valence-electron chi connectivity index (χ2n) is 1.88. The lowest BCUT2D eigenvalue weighted by Crippen LogP contribution is -2.14. The summed E-state index contributed by atoms with van der Waals surface area (Å²) in [5.41, 5.74) is 0. The molecule has 0 rings (SSSR count). The molecule has 12 heavy (non-hydrogen) atoms. The van der Waals surface area contributed by atoms with Gasteiger partial charge in [0.15, 0.2) is 6.61 Å². The molecular weight excluding hydrogens is 164 g/mol. The molecule has 0 aromatic rings. The van der Waals surface area contributed by atoms with Crippen LogP contribution in [0.3, 0.4) is 0 Å². The van der Waals surface area contributed by atoms with Crippen molar-refractivity contribution >= 4 is 11.9 Å². The van der Waals surface area contributed by atoms with Crippen LogP contribution in [0.1, 0.15) is 6.42 Å². The Hall–Kier alpha value is -1.10. The lowest BCUT2D eigenvalue weighted by atomic mass is 10.5. The van der Waals surface area contributed by atoms with E-state index in [4.69, 9.17) is 12.0 Å². The van der Waals surface area contributed by atoms with E-state index in [1.165, 1.54) is 0 Å². The molecule has 0 spiro atoms. The largest absolute Gasteiger partial charge is 0.479 e. The topological polar surface area (TPSA) is 72.8 Å². The van der Waals surface area contributed by atoms with Gasteiger partial charge >= 0.3 is 11.9 Å². The third kappa shape index (κ3) is 7.01. The van der Waals surface area contributed by atoms with Crippen molar-refractivity contribution in [2.45, 2.75) is 6.42 Å². The Morgan fingerprint density at radius 1 is 1.42 bits per heavy atom. The normalized spacial score (nSPS) is 9.42. The highest BCUT2D eigenvalue weighted by Gasteiger charge is 2.04. The number of carboxylic acid groups (broad SMARTS) is 1. The fourth-order valence-corrected chi connectivity index (χ4v) is 0.453. The molecule has 0 unspecified atom stereocenters.